The van der Waals surface area contributed by atoms with Crippen LogP contribution in [0.25, 0.3) is 55.4 Å². The first kappa shape index (κ1) is 25.3. The van der Waals surface area contributed by atoms with E-state index in [0.29, 0.717) is 28.0 Å². The highest BCUT2D eigenvalue weighted by atomic mass is 19.1. The van der Waals surface area contributed by atoms with Crippen LogP contribution in [0.4, 0.5) is 4.39 Å². The first-order valence-electron chi connectivity index (χ1n) is 16.4. The fourth-order valence-corrected chi connectivity index (χ4v) is 5.85. The van der Waals surface area contributed by atoms with Gasteiger partial charge in [-0.05, 0) is 75.7 Å². The number of hydrogen-bond acceptors (Lipinski definition) is 1. The van der Waals surface area contributed by atoms with Crippen LogP contribution in [0.1, 0.15) is 62.3 Å². The summed E-state index contributed by atoms with van der Waals surface area (Å²) < 4.78 is 50.8. The Hall–Kier alpha value is -4.24. The summed E-state index contributed by atoms with van der Waals surface area (Å²) in [6.07, 6.45) is -1.50. The van der Waals surface area contributed by atoms with Crippen molar-refractivity contribution in [3.8, 4) is 33.5 Å². The van der Waals surface area contributed by atoms with Gasteiger partial charge in [-0.15, -0.1) is 0 Å². The lowest BCUT2D eigenvalue weighted by Crippen LogP contribution is -2.31. The number of nitrogens with zero attached hydrogens (tertiary/aromatic N) is 1. The van der Waals surface area contributed by atoms with Crippen LogP contribution in [0.3, 0.4) is 0 Å². The number of hydrogen-bond donors (Lipinski definition) is 0. The molecule has 2 heterocycles. The molecule has 4 aromatic carbocycles. The largest absolute Gasteiger partial charge is 0.454 e. The topological polar surface area (TPSA) is 17.0 Å². The maximum Gasteiger partial charge on any atom is 0.216 e. The van der Waals surface area contributed by atoms with Crippen LogP contribution >= 0.6 is 0 Å². The van der Waals surface area contributed by atoms with E-state index in [4.69, 9.17) is 8.53 Å². The third-order valence-electron chi connectivity index (χ3n) is 8.05. The van der Waals surface area contributed by atoms with Crippen molar-refractivity contribution >= 4 is 21.9 Å². The van der Waals surface area contributed by atoms with Crippen molar-refractivity contribution in [3.05, 3.63) is 114 Å². The lowest BCUT2D eigenvalue weighted by Gasteiger charge is -2.19. The van der Waals surface area contributed by atoms with Gasteiger partial charge in [-0.25, -0.2) is 8.96 Å². The molecule has 2 aromatic heterocycles. The maximum absolute atomic E-state index is 15.8. The Labute approximate surface area is 259 Å². The highest BCUT2D eigenvalue weighted by molar-refractivity contribution is 6.13. The molecule has 6 rings (SSSR count). The number of furan rings is 1. The molecule has 0 aliphatic rings. The van der Waals surface area contributed by atoms with Gasteiger partial charge in [0.25, 0.3) is 0 Å². The average molecular weight is 574 g/mol. The molecule has 0 fully saturated rings. The molecule has 43 heavy (non-hydrogen) atoms. The summed E-state index contributed by atoms with van der Waals surface area (Å²) in [5, 5.41) is 1.63. The average Bonchev–Trinajstić information content (AvgIpc) is 3.36. The number of aromatic nitrogens is 1. The van der Waals surface area contributed by atoms with Crippen molar-refractivity contribution in [2.45, 2.75) is 60.3 Å². The van der Waals surface area contributed by atoms with Crippen LogP contribution in [0.15, 0.2) is 95.5 Å². The lowest BCUT2D eigenvalue weighted by atomic mass is 9.86. The van der Waals surface area contributed by atoms with Gasteiger partial charge in [0.05, 0.1) is 11.1 Å². The predicted molar refractivity (Wildman–Crippen MR) is 178 cm³/mol. The minimum Gasteiger partial charge on any atom is -0.454 e. The third kappa shape index (κ3) is 5.49. The highest BCUT2D eigenvalue weighted by Gasteiger charge is 2.24. The van der Waals surface area contributed by atoms with Crippen molar-refractivity contribution in [1.82, 2.24) is 0 Å². The quantitative estimate of drug-likeness (QED) is 0.192. The van der Waals surface area contributed by atoms with Gasteiger partial charge in [-0.3, -0.25) is 0 Å². The van der Waals surface area contributed by atoms with Crippen LogP contribution in [0.2, 0.25) is 0 Å². The Balaban J connectivity index is 1.56. The van der Waals surface area contributed by atoms with Gasteiger partial charge >= 0.3 is 0 Å². The molecule has 0 amide bonds. The third-order valence-corrected chi connectivity index (χ3v) is 8.05. The van der Waals surface area contributed by atoms with Gasteiger partial charge in [-0.2, -0.15) is 0 Å². The molecular formula is C40H41FNO+. The molecular weight excluding hydrogens is 529 g/mol. The molecule has 0 saturated carbocycles. The Kier molecular flexibility index (Phi) is 6.16. The minimum absolute atomic E-state index is 0.0520. The van der Waals surface area contributed by atoms with Crippen LogP contribution in [-0.2, 0) is 18.8 Å². The predicted octanol–water partition coefficient (Wildman–Crippen LogP) is 10.7. The first-order valence-corrected chi connectivity index (χ1v) is 14.9. The van der Waals surface area contributed by atoms with Gasteiger partial charge < -0.3 is 4.42 Å². The van der Waals surface area contributed by atoms with Gasteiger partial charge in [-0.1, -0.05) is 96.1 Å². The Bertz CT molecular complexity index is 2130. The summed E-state index contributed by atoms with van der Waals surface area (Å²) in [7, 11) is 1.81. The fraction of sp³-hybridized carbons (Fsp3) is 0.275. The van der Waals surface area contributed by atoms with Crippen molar-refractivity contribution < 1.29 is 17.5 Å². The zero-order valence-corrected chi connectivity index (χ0v) is 26.3. The summed E-state index contributed by atoms with van der Waals surface area (Å²) in [4.78, 5) is 0. The van der Waals surface area contributed by atoms with Gasteiger partial charge in [0, 0.05) is 25.6 Å². The molecule has 0 bridgehead atoms. The van der Waals surface area contributed by atoms with Gasteiger partial charge in [0.15, 0.2) is 6.17 Å². The summed E-state index contributed by atoms with van der Waals surface area (Å²) >= 11 is 0. The first-order chi connectivity index (χ1) is 21.5. The van der Waals surface area contributed by atoms with Crippen LogP contribution < -0.4 is 4.57 Å². The molecule has 218 valence electrons. The van der Waals surface area contributed by atoms with Gasteiger partial charge in [0.1, 0.15) is 25.4 Å². The van der Waals surface area contributed by atoms with Crippen LogP contribution in [0, 0.1) is 18.2 Å². The molecule has 0 saturated heterocycles. The Morgan fingerprint density at radius 2 is 1.42 bits per heavy atom. The van der Waals surface area contributed by atoms with E-state index in [1.807, 2.05) is 70.2 Å². The zero-order valence-electron chi connectivity index (χ0n) is 29.3. The number of rotatable bonds is 4. The van der Waals surface area contributed by atoms with Crippen LogP contribution in [0.5, 0.6) is 0 Å². The monoisotopic (exact) mass is 573 g/mol. The van der Waals surface area contributed by atoms with E-state index in [1.165, 1.54) is 11.6 Å². The molecule has 0 unspecified atom stereocenters. The molecule has 2 nitrogen and oxygen atoms in total. The second-order valence-electron chi connectivity index (χ2n) is 13.6. The van der Waals surface area contributed by atoms with E-state index in [1.54, 1.807) is 23.7 Å². The SMILES string of the molecule is [2H]c1cc(C([2H])([2H])C(C)(C)C)cc(-c2c(C)ccc3c2oc2c(-c4cccc(-c5ccc(C(C)(C)C)cc5)c4)c(F)ccc23)[n+]1C. The molecule has 0 radical (unpaired) electrons. The molecule has 3 heteroatoms. The second kappa shape index (κ2) is 10.5. The van der Waals surface area contributed by atoms with E-state index < -0.39 is 11.8 Å². The zero-order chi connectivity index (χ0) is 33.3. The summed E-state index contributed by atoms with van der Waals surface area (Å²) in [6.45, 7) is 14.1. The number of pyridine rings is 1. The maximum atomic E-state index is 15.8. The van der Waals surface area contributed by atoms with Crippen molar-refractivity contribution in [1.29, 1.82) is 0 Å². The van der Waals surface area contributed by atoms with E-state index in [9.17, 15) is 0 Å². The van der Waals surface area contributed by atoms with Gasteiger partial charge in [0.2, 0.25) is 5.69 Å². The normalized spacial score (nSPS) is 13.7. The summed E-state index contributed by atoms with van der Waals surface area (Å²) in [6, 6.07) is 27.1. The van der Waals surface area contributed by atoms with E-state index in [0.717, 1.165) is 38.6 Å². The molecule has 0 aliphatic carbocycles. The fourth-order valence-electron chi connectivity index (χ4n) is 5.85. The highest BCUT2D eigenvalue weighted by Crippen LogP contribution is 2.42. The molecule has 0 aliphatic heterocycles. The molecule has 0 atom stereocenters. The molecule has 0 N–H and O–H groups in total. The molecule has 6 aromatic rings. The van der Waals surface area contributed by atoms with Crippen LogP contribution in [-0.4, -0.2) is 0 Å². The van der Waals surface area contributed by atoms with E-state index in [-0.39, 0.29) is 17.4 Å². The standard InChI is InChI=1S/C40H41FNO/c1-25-12-17-31-32-18-19-33(41)36(29-11-9-10-28(23-29)27-13-15-30(16-14-27)40(5,6)7)38(32)43-37(31)35(25)34-22-26(20-21-42(34)8)24-39(2,3)4/h9-23H,24H2,1-8H3/q+1/i21D,24D2. The number of fused-ring (bicyclic) bond motifs is 3. The minimum atomic E-state index is -1.68. The van der Waals surface area contributed by atoms with Crippen molar-refractivity contribution in [3.63, 3.8) is 0 Å². The Morgan fingerprint density at radius 3 is 2.09 bits per heavy atom. The smallest absolute Gasteiger partial charge is 0.216 e. The second-order valence-corrected chi connectivity index (χ2v) is 13.6. The van der Waals surface area contributed by atoms with Crippen molar-refractivity contribution in [2.24, 2.45) is 12.5 Å². The summed E-state index contributed by atoms with van der Waals surface area (Å²) in [5.74, 6) is -0.371. The Morgan fingerprint density at radius 1 is 0.767 bits per heavy atom. The van der Waals surface area contributed by atoms with E-state index >= 15 is 4.39 Å². The lowest BCUT2D eigenvalue weighted by molar-refractivity contribution is -0.660. The van der Waals surface area contributed by atoms with Crippen molar-refractivity contribution in [2.75, 3.05) is 0 Å². The summed E-state index contributed by atoms with van der Waals surface area (Å²) in [5.41, 5.74) is 7.59. The number of aryl methyl sites for hydroxylation is 1. The molecule has 0 spiro atoms. The number of benzene rings is 4. The number of halogens is 1. The van der Waals surface area contributed by atoms with E-state index in [2.05, 4.69) is 45.0 Å².